The Morgan fingerprint density at radius 1 is 0.818 bits per heavy atom. The molecule has 0 aromatic heterocycles. The van der Waals surface area contributed by atoms with Crippen LogP contribution in [0, 0.1) is 10.8 Å². The number of hydrogen-bond acceptors (Lipinski definition) is 0. The largest absolute Gasteiger partial charge is 0.0596 e. The monoisotopic (exact) mass is 152 g/mol. The van der Waals surface area contributed by atoms with Crippen molar-refractivity contribution in [1.29, 1.82) is 0 Å². The third-order valence-corrected chi connectivity index (χ3v) is 3.77. The summed E-state index contributed by atoms with van der Waals surface area (Å²) in [5.41, 5.74) is 1.59. The number of rotatable bonds is 4. The smallest absolute Gasteiger partial charge is 0.0325 e. The molecule has 0 unspecified atom stereocenters. The van der Waals surface area contributed by atoms with Crippen LogP contribution >= 0.6 is 0 Å². The highest BCUT2D eigenvalue weighted by Gasteiger charge is 2.39. The van der Waals surface area contributed by atoms with E-state index in [9.17, 15) is 0 Å². The molecule has 0 heteroatoms. The van der Waals surface area contributed by atoms with Crippen molar-refractivity contribution in [3.63, 3.8) is 0 Å². The fourth-order valence-corrected chi connectivity index (χ4v) is 1.87. The molecular weight excluding hydrogens is 132 g/mol. The Bertz CT molecular complexity index is 131. The van der Waals surface area contributed by atoms with E-state index in [1.807, 2.05) is 0 Å². The zero-order chi connectivity index (χ0) is 7.95. The van der Waals surface area contributed by atoms with Gasteiger partial charge in [0.1, 0.15) is 0 Å². The molecular formula is C11H20. The minimum absolute atomic E-state index is 0.797. The van der Waals surface area contributed by atoms with Crippen LogP contribution in [0.25, 0.3) is 0 Å². The first kappa shape index (κ1) is 7.64. The molecule has 0 bridgehead atoms. The van der Waals surface area contributed by atoms with E-state index in [1.54, 1.807) is 0 Å². The molecule has 0 aromatic rings. The molecule has 0 heterocycles. The predicted octanol–water partition coefficient (Wildman–Crippen LogP) is 3.76. The van der Waals surface area contributed by atoms with Gasteiger partial charge in [0.2, 0.25) is 0 Å². The molecule has 0 saturated heterocycles. The molecule has 2 aliphatic carbocycles. The zero-order valence-electron chi connectivity index (χ0n) is 7.95. The topological polar surface area (TPSA) is 0 Å². The van der Waals surface area contributed by atoms with Gasteiger partial charge >= 0.3 is 0 Å². The second-order valence-corrected chi connectivity index (χ2v) is 5.47. The van der Waals surface area contributed by atoms with Crippen LogP contribution in [0.5, 0.6) is 0 Å². The highest BCUT2D eigenvalue weighted by Crippen LogP contribution is 2.53. The Labute approximate surface area is 70.4 Å². The van der Waals surface area contributed by atoms with Gasteiger partial charge in [-0.1, -0.05) is 20.3 Å². The second kappa shape index (κ2) is 2.24. The van der Waals surface area contributed by atoms with Crippen LogP contribution in [0.2, 0.25) is 0 Å². The van der Waals surface area contributed by atoms with Gasteiger partial charge < -0.3 is 0 Å². The van der Waals surface area contributed by atoms with E-state index >= 15 is 0 Å². The molecule has 64 valence electrons. The van der Waals surface area contributed by atoms with E-state index in [0.29, 0.717) is 0 Å². The average molecular weight is 152 g/mol. The van der Waals surface area contributed by atoms with Crippen LogP contribution in [0.3, 0.4) is 0 Å². The van der Waals surface area contributed by atoms with E-state index in [-0.39, 0.29) is 0 Å². The molecule has 0 nitrogen and oxygen atoms in total. The maximum atomic E-state index is 2.45. The summed E-state index contributed by atoms with van der Waals surface area (Å²) in [7, 11) is 0. The van der Waals surface area contributed by atoms with Gasteiger partial charge in [0.15, 0.2) is 0 Å². The molecule has 0 atom stereocenters. The minimum Gasteiger partial charge on any atom is -0.0596 e. The fraction of sp³-hybridized carbons (Fsp3) is 1.00. The van der Waals surface area contributed by atoms with Crippen molar-refractivity contribution in [3.8, 4) is 0 Å². The van der Waals surface area contributed by atoms with Gasteiger partial charge in [0.05, 0.1) is 0 Å². The average Bonchev–Trinajstić information content (AvgIpc) is 2.78. The van der Waals surface area contributed by atoms with Gasteiger partial charge in [-0.05, 0) is 49.4 Å². The van der Waals surface area contributed by atoms with Crippen LogP contribution < -0.4 is 0 Å². The first-order chi connectivity index (χ1) is 5.12. The van der Waals surface area contributed by atoms with Crippen LogP contribution in [0.1, 0.15) is 58.8 Å². The zero-order valence-corrected chi connectivity index (χ0v) is 7.95. The molecule has 11 heavy (non-hydrogen) atoms. The maximum absolute atomic E-state index is 2.45. The van der Waals surface area contributed by atoms with Crippen molar-refractivity contribution in [2.45, 2.75) is 58.8 Å². The lowest BCUT2D eigenvalue weighted by atomic mass is 9.95. The minimum atomic E-state index is 0.797. The summed E-state index contributed by atoms with van der Waals surface area (Å²) in [5.74, 6) is 0. The predicted molar refractivity (Wildman–Crippen MR) is 48.5 cm³/mol. The molecule has 2 saturated carbocycles. The second-order valence-electron chi connectivity index (χ2n) is 5.47. The van der Waals surface area contributed by atoms with Gasteiger partial charge in [-0.15, -0.1) is 0 Å². The van der Waals surface area contributed by atoms with Crippen molar-refractivity contribution in [1.82, 2.24) is 0 Å². The van der Waals surface area contributed by atoms with Crippen LogP contribution in [-0.2, 0) is 0 Å². The van der Waals surface area contributed by atoms with Gasteiger partial charge in [0, 0.05) is 0 Å². The molecule has 0 aliphatic heterocycles. The van der Waals surface area contributed by atoms with Crippen LogP contribution in [0.4, 0.5) is 0 Å². The van der Waals surface area contributed by atoms with Crippen molar-refractivity contribution < 1.29 is 0 Å². The number of hydrogen-bond donors (Lipinski definition) is 0. The van der Waals surface area contributed by atoms with Gasteiger partial charge in [0.25, 0.3) is 0 Å². The Morgan fingerprint density at radius 3 is 1.45 bits per heavy atom. The molecule has 2 aliphatic rings. The fourth-order valence-electron chi connectivity index (χ4n) is 1.87. The van der Waals surface area contributed by atoms with Crippen LogP contribution in [-0.4, -0.2) is 0 Å². The van der Waals surface area contributed by atoms with E-state index in [1.165, 1.54) is 44.9 Å². The quantitative estimate of drug-likeness (QED) is 0.575. The summed E-state index contributed by atoms with van der Waals surface area (Å²) in [6, 6.07) is 0. The van der Waals surface area contributed by atoms with E-state index < -0.39 is 0 Å². The molecule has 2 fully saturated rings. The standard InChI is InChI=1S/C11H20/c1-10(6-7-10)4-3-5-11(2)8-9-11/h3-9H2,1-2H3. The van der Waals surface area contributed by atoms with Gasteiger partial charge in [-0.2, -0.15) is 0 Å². The first-order valence-corrected chi connectivity index (χ1v) is 5.12. The molecule has 2 rings (SSSR count). The lowest BCUT2D eigenvalue weighted by molar-refractivity contribution is 0.419. The summed E-state index contributed by atoms with van der Waals surface area (Å²) >= 11 is 0. The van der Waals surface area contributed by atoms with Gasteiger partial charge in [-0.3, -0.25) is 0 Å². The SMILES string of the molecule is CC1(CCCC2(C)CC2)CC1. The molecule has 0 spiro atoms. The highest BCUT2D eigenvalue weighted by molar-refractivity contribution is 4.91. The van der Waals surface area contributed by atoms with E-state index in [4.69, 9.17) is 0 Å². The van der Waals surface area contributed by atoms with Gasteiger partial charge in [-0.25, -0.2) is 0 Å². The Hall–Kier alpha value is 0. The summed E-state index contributed by atoms with van der Waals surface area (Å²) in [6.07, 6.45) is 10.5. The van der Waals surface area contributed by atoms with Crippen LogP contribution in [0.15, 0.2) is 0 Å². The van der Waals surface area contributed by atoms with Crippen molar-refractivity contribution in [2.24, 2.45) is 10.8 Å². The Balaban J connectivity index is 1.60. The summed E-state index contributed by atoms with van der Waals surface area (Å²) in [6.45, 7) is 4.89. The Kier molecular flexibility index (Phi) is 1.56. The summed E-state index contributed by atoms with van der Waals surface area (Å²) < 4.78 is 0. The summed E-state index contributed by atoms with van der Waals surface area (Å²) in [4.78, 5) is 0. The van der Waals surface area contributed by atoms with Crippen molar-refractivity contribution in [3.05, 3.63) is 0 Å². The van der Waals surface area contributed by atoms with E-state index in [2.05, 4.69) is 13.8 Å². The third-order valence-electron chi connectivity index (χ3n) is 3.77. The highest BCUT2D eigenvalue weighted by atomic mass is 14.4. The summed E-state index contributed by atoms with van der Waals surface area (Å²) in [5, 5.41) is 0. The normalized spacial score (nSPS) is 30.0. The third kappa shape index (κ3) is 1.98. The maximum Gasteiger partial charge on any atom is -0.0325 e. The lowest BCUT2D eigenvalue weighted by Crippen LogP contribution is -1.97. The lowest BCUT2D eigenvalue weighted by Gasteiger charge is -2.10. The molecule has 0 aromatic carbocycles. The van der Waals surface area contributed by atoms with E-state index in [0.717, 1.165) is 10.8 Å². The van der Waals surface area contributed by atoms with Crippen molar-refractivity contribution in [2.75, 3.05) is 0 Å². The van der Waals surface area contributed by atoms with Crippen molar-refractivity contribution >= 4 is 0 Å². The molecule has 0 radical (unpaired) electrons. The molecule has 0 amide bonds. The molecule has 0 N–H and O–H groups in total. The first-order valence-electron chi connectivity index (χ1n) is 5.12. The Morgan fingerprint density at radius 2 is 1.18 bits per heavy atom.